The van der Waals surface area contributed by atoms with E-state index < -0.39 is 6.10 Å². The third-order valence-electron chi connectivity index (χ3n) is 6.74. The Labute approximate surface area is 173 Å². The monoisotopic (exact) mass is 382 g/mol. The fraction of sp³-hybridized carbons (Fsp3) is 0.0345. The summed E-state index contributed by atoms with van der Waals surface area (Å²) >= 11 is 0. The van der Waals surface area contributed by atoms with Crippen molar-refractivity contribution in [2.24, 2.45) is 0 Å². The molecule has 0 saturated carbocycles. The van der Waals surface area contributed by atoms with Gasteiger partial charge in [0, 0.05) is 11.1 Å². The van der Waals surface area contributed by atoms with E-state index in [1.54, 1.807) is 0 Å². The maximum Gasteiger partial charge on any atom is 0.106 e. The van der Waals surface area contributed by atoms with Crippen LogP contribution >= 0.6 is 0 Å². The van der Waals surface area contributed by atoms with E-state index in [0.717, 1.165) is 21.9 Å². The van der Waals surface area contributed by atoms with Crippen molar-refractivity contribution in [2.45, 2.75) is 6.10 Å². The minimum atomic E-state index is -0.640. The van der Waals surface area contributed by atoms with Gasteiger partial charge in [-0.25, -0.2) is 0 Å². The summed E-state index contributed by atoms with van der Waals surface area (Å²) in [7, 11) is 0. The average molecular weight is 382 g/mol. The first kappa shape index (κ1) is 16.2. The molecule has 0 heterocycles. The van der Waals surface area contributed by atoms with Crippen molar-refractivity contribution in [1.82, 2.24) is 0 Å². The van der Waals surface area contributed by atoms with Gasteiger partial charge in [0.2, 0.25) is 0 Å². The molecule has 0 aliphatic heterocycles. The zero-order valence-electron chi connectivity index (χ0n) is 16.3. The van der Waals surface area contributed by atoms with Crippen LogP contribution in [0.2, 0.25) is 0 Å². The SMILES string of the molecule is OC1c2c(c3ccccc3c3ccccc23)-c2c1c1ccccc1c1ccccc21. The topological polar surface area (TPSA) is 20.2 Å². The largest absolute Gasteiger partial charge is 0.384 e. The zero-order valence-corrected chi connectivity index (χ0v) is 16.3. The maximum absolute atomic E-state index is 11.7. The molecule has 1 N–H and O–H groups in total. The van der Waals surface area contributed by atoms with E-state index in [2.05, 4.69) is 97.1 Å². The Morgan fingerprint density at radius 3 is 1.00 bits per heavy atom. The second-order valence-electron chi connectivity index (χ2n) is 8.16. The second kappa shape index (κ2) is 5.69. The Bertz CT molecular complexity index is 1530. The van der Waals surface area contributed by atoms with Crippen LogP contribution in [0.5, 0.6) is 0 Å². The third-order valence-corrected chi connectivity index (χ3v) is 6.74. The van der Waals surface area contributed by atoms with Gasteiger partial charge in [-0.2, -0.15) is 0 Å². The summed E-state index contributed by atoms with van der Waals surface area (Å²) in [5.41, 5.74) is 4.46. The van der Waals surface area contributed by atoms with E-state index in [9.17, 15) is 5.11 Å². The van der Waals surface area contributed by atoms with Crippen LogP contribution in [0.25, 0.3) is 54.2 Å². The molecule has 0 saturated heterocycles. The normalized spacial score (nSPS) is 13.4. The number of benzene rings is 6. The summed E-state index contributed by atoms with van der Waals surface area (Å²) in [5.74, 6) is 0. The lowest BCUT2D eigenvalue weighted by Crippen LogP contribution is -1.97. The summed E-state index contributed by atoms with van der Waals surface area (Å²) in [4.78, 5) is 0. The Kier molecular flexibility index (Phi) is 3.06. The highest BCUT2D eigenvalue weighted by molar-refractivity contribution is 6.25. The molecule has 0 radical (unpaired) electrons. The number of rotatable bonds is 0. The fourth-order valence-electron chi connectivity index (χ4n) is 5.59. The van der Waals surface area contributed by atoms with Crippen LogP contribution in [0, 0.1) is 0 Å². The summed E-state index contributed by atoms with van der Waals surface area (Å²) in [6.07, 6.45) is -0.640. The van der Waals surface area contributed by atoms with Crippen LogP contribution in [0.15, 0.2) is 97.1 Å². The number of hydrogen-bond acceptors (Lipinski definition) is 1. The first-order valence-electron chi connectivity index (χ1n) is 10.4. The van der Waals surface area contributed by atoms with Crippen molar-refractivity contribution in [3.63, 3.8) is 0 Å². The van der Waals surface area contributed by atoms with Gasteiger partial charge in [-0.05, 0) is 54.2 Å². The first-order valence-corrected chi connectivity index (χ1v) is 10.4. The van der Waals surface area contributed by atoms with Crippen LogP contribution in [0.4, 0.5) is 0 Å². The molecule has 6 aromatic carbocycles. The molecule has 0 unspecified atom stereocenters. The van der Waals surface area contributed by atoms with Gasteiger partial charge in [-0.1, -0.05) is 97.1 Å². The predicted molar refractivity (Wildman–Crippen MR) is 126 cm³/mol. The number of fused-ring (bicyclic) bond motifs is 13. The smallest absolute Gasteiger partial charge is 0.106 e. The van der Waals surface area contributed by atoms with Crippen LogP contribution < -0.4 is 0 Å². The van der Waals surface area contributed by atoms with Gasteiger partial charge in [0.1, 0.15) is 6.10 Å². The van der Waals surface area contributed by atoms with Crippen molar-refractivity contribution in [3.05, 3.63) is 108 Å². The zero-order chi connectivity index (χ0) is 19.8. The van der Waals surface area contributed by atoms with Crippen molar-refractivity contribution in [3.8, 4) is 11.1 Å². The summed E-state index contributed by atoms with van der Waals surface area (Å²) in [6, 6.07) is 34.2. The minimum absolute atomic E-state index is 0.640. The van der Waals surface area contributed by atoms with Crippen LogP contribution in [0.1, 0.15) is 17.2 Å². The highest BCUT2D eigenvalue weighted by Gasteiger charge is 2.34. The Morgan fingerprint density at radius 1 is 0.367 bits per heavy atom. The molecule has 1 aliphatic rings. The van der Waals surface area contributed by atoms with Gasteiger partial charge in [-0.3, -0.25) is 0 Å². The minimum Gasteiger partial charge on any atom is -0.384 e. The molecule has 6 aromatic rings. The van der Waals surface area contributed by atoms with E-state index in [0.29, 0.717) is 0 Å². The molecule has 0 aromatic heterocycles. The van der Waals surface area contributed by atoms with Gasteiger partial charge < -0.3 is 5.11 Å². The van der Waals surface area contributed by atoms with E-state index in [-0.39, 0.29) is 0 Å². The summed E-state index contributed by atoms with van der Waals surface area (Å²) in [5, 5.41) is 21.3. The lowest BCUT2D eigenvalue weighted by molar-refractivity contribution is 0.228. The average Bonchev–Trinajstić information content (AvgIpc) is 3.13. The molecule has 0 bridgehead atoms. The van der Waals surface area contributed by atoms with Crippen molar-refractivity contribution in [1.29, 1.82) is 0 Å². The molecule has 30 heavy (non-hydrogen) atoms. The summed E-state index contributed by atoms with van der Waals surface area (Å²) < 4.78 is 0. The summed E-state index contributed by atoms with van der Waals surface area (Å²) in [6.45, 7) is 0. The quantitative estimate of drug-likeness (QED) is 0.272. The molecular weight excluding hydrogens is 364 g/mol. The Morgan fingerprint density at radius 2 is 0.633 bits per heavy atom. The van der Waals surface area contributed by atoms with Crippen molar-refractivity contribution < 1.29 is 5.11 Å². The molecule has 0 amide bonds. The lowest BCUT2D eigenvalue weighted by Gasteiger charge is -2.14. The van der Waals surface area contributed by atoms with Crippen LogP contribution in [-0.2, 0) is 0 Å². The number of aliphatic hydroxyl groups is 1. The Hall–Kier alpha value is -3.68. The van der Waals surface area contributed by atoms with E-state index in [1.165, 1.54) is 43.4 Å². The molecule has 7 rings (SSSR count). The van der Waals surface area contributed by atoms with E-state index in [4.69, 9.17) is 0 Å². The van der Waals surface area contributed by atoms with Gasteiger partial charge in [0.05, 0.1) is 0 Å². The molecule has 1 heteroatoms. The first-order chi connectivity index (χ1) is 14.8. The highest BCUT2D eigenvalue weighted by Crippen LogP contribution is 2.55. The second-order valence-corrected chi connectivity index (χ2v) is 8.16. The Balaban J connectivity index is 1.83. The van der Waals surface area contributed by atoms with E-state index >= 15 is 0 Å². The van der Waals surface area contributed by atoms with Gasteiger partial charge >= 0.3 is 0 Å². The molecule has 1 nitrogen and oxygen atoms in total. The standard InChI is InChI=1S/C29H18O/c30-29-27-23-15-7-3-11-19(23)17-9-1-5-13-21(17)25(27)26-22-14-6-2-10-18(22)20-12-4-8-16-24(20)28(26)29/h1-16,29-30H. The number of hydrogen-bond donors (Lipinski definition) is 1. The number of aliphatic hydroxyl groups excluding tert-OH is 1. The molecule has 0 spiro atoms. The lowest BCUT2D eigenvalue weighted by atomic mass is 9.89. The molecule has 1 aliphatic carbocycles. The van der Waals surface area contributed by atoms with Gasteiger partial charge in [0.25, 0.3) is 0 Å². The predicted octanol–water partition coefficient (Wildman–Crippen LogP) is 7.36. The molecule has 140 valence electrons. The van der Waals surface area contributed by atoms with Crippen molar-refractivity contribution in [2.75, 3.05) is 0 Å². The van der Waals surface area contributed by atoms with Crippen LogP contribution in [-0.4, -0.2) is 5.11 Å². The van der Waals surface area contributed by atoms with Crippen molar-refractivity contribution >= 4 is 43.1 Å². The molecule has 0 fully saturated rings. The van der Waals surface area contributed by atoms with Crippen LogP contribution in [0.3, 0.4) is 0 Å². The maximum atomic E-state index is 11.7. The fourth-order valence-corrected chi connectivity index (χ4v) is 5.59. The molecular formula is C29H18O. The van der Waals surface area contributed by atoms with E-state index in [1.807, 2.05) is 0 Å². The third kappa shape index (κ3) is 1.86. The highest BCUT2D eigenvalue weighted by atomic mass is 16.3. The van der Waals surface area contributed by atoms with Gasteiger partial charge in [0.15, 0.2) is 0 Å². The molecule has 0 atom stereocenters. The van der Waals surface area contributed by atoms with Gasteiger partial charge in [-0.15, -0.1) is 0 Å².